The van der Waals surface area contributed by atoms with Crippen molar-refractivity contribution in [1.82, 2.24) is 5.32 Å². The summed E-state index contributed by atoms with van der Waals surface area (Å²) in [6.45, 7) is 4.52. The molecule has 1 fully saturated rings. The van der Waals surface area contributed by atoms with Crippen molar-refractivity contribution in [3.8, 4) is 5.75 Å². The summed E-state index contributed by atoms with van der Waals surface area (Å²) in [5.41, 5.74) is 2.72. The third-order valence-electron chi connectivity index (χ3n) is 5.14. The van der Waals surface area contributed by atoms with Crippen LogP contribution in [-0.4, -0.2) is 12.6 Å². The van der Waals surface area contributed by atoms with Crippen molar-refractivity contribution < 1.29 is 4.74 Å². The lowest BCUT2D eigenvalue weighted by molar-refractivity contribution is -0.0437. The average Bonchev–Trinajstić information content (AvgIpc) is 2.42. The summed E-state index contributed by atoms with van der Waals surface area (Å²) in [7, 11) is 2.07. The number of aryl methyl sites for hydroxylation is 1. The summed E-state index contributed by atoms with van der Waals surface area (Å²) in [5, 5.41) is 3.50. The van der Waals surface area contributed by atoms with Crippen molar-refractivity contribution in [2.24, 2.45) is 5.92 Å². The van der Waals surface area contributed by atoms with Gasteiger partial charge in [0.05, 0.1) is 0 Å². The van der Waals surface area contributed by atoms with Crippen LogP contribution >= 0.6 is 0 Å². The first-order valence-electron chi connectivity index (χ1n) is 7.61. The second-order valence-corrected chi connectivity index (χ2v) is 6.40. The Hall–Kier alpha value is -1.02. The van der Waals surface area contributed by atoms with Gasteiger partial charge in [0.15, 0.2) is 0 Å². The summed E-state index contributed by atoms with van der Waals surface area (Å²) in [6.07, 6.45) is 6.29. The quantitative estimate of drug-likeness (QED) is 0.823. The van der Waals surface area contributed by atoms with Gasteiger partial charge >= 0.3 is 0 Å². The lowest BCUT2D eigenvalue weighted by Gasteiger charge is -2.48. The van der Waals surface area contributed by atoms with E-state index in [0.29, 0.717) is 12.0 Å². The van der Waals surface area contributed by atoms with Crippen LogP contribution in [0.5, 0.6) is 5.75 Å². The van der Waals surface area contributed by atoms with Gasteiger partial charge in [-0.05, 0) is 45.2 Å². The Kier molecular flexibility index (Phi) is 3.30. The summed E-state index contributed by atoms with van der Waals surface area (Å²) in [6, 6.07) is 7.04. The topological polar surface area (TPSA) is 21.3 Å². The van der Waals surface area contributed by atoms with Crippen LogP contribution in [0.3, 0.4) is 0 Å². The number of nitrogens with one attached hydrogen (secondary N) is 1. The molecule has 1 heterocycles. The minimum Gasteiger partial charge on any atom is -0.487 e. The first kappa shape index (κ1) is 13.0. The van der Waals surface area contributed by atoms with E-state index in [-0.39, 0.29) is 5.60 Å². The fourth-order valence-corrected chi connectivity index (χ4v) is 3.85. The molecule has 19 heavy (non-hydrogen) atoms. The molecule has 104 valence electrons. The van der Waals surface area contributed by atoms with E-state index in [0.717, 1.165) is 12.2 Å². The zero-order valence-electron chi connectivity index (χ0n) is 12.3. The van der Waals surface area contributed by atoms with Crippen LogP contribution in [0.4, 0.5) is 0 Å². The van der Waals surface area contributed by atoms with Gasteiger partial charge in [0.25, 0.3) is 0 Å². The molecule has 1 aromatic carbocycles. The zero-order valence-corrected chi connectivity index (χ0v) is 12.3. The molecule has 1 N–H and O–H groups in total. The number of rotatable bonds is 1. The molecule has 1 aliphatic carbocycles. The largest absolute Gasteiger partial charge is 0.487 e. The number of hydrogen-bond donors (Lipinski definition) is 1. The Morgan fingerprint density at radius 1 is 1.32 bits per heavy atom. The molecule has 3 unspecified atom stereocenters. The molecule has 3 atom stereocenters. The molecule has 1 spiro atoms. The SMILES string of the molecule is CNC1CC2(CCCCC2C)Oc2ccc(C)cc21. The van der Waals surface area contributed by atoms with E-state index in [1.807, 2.05) is 0 Å². The van der Waals surface area contributed by atoms with Gasteiger partial charge in [-0.1, -0.05) is 31.0 Å². The number of fused-ring (bicyclic) bond motifs is 1. The van der Waals surface area contributed by atoms with Crippen LogP contribution in [0.25, 0.3) is 0 Å². The monoisotopic (exact) mass is 259 g/mol. The van der Waals surface area contributed by atoms with Crippen LogP contribution in [0, 0.1) is 12.8 Å². The van der Waals surface area contributed by atoms with Gasteiger partial charge in [-0.2, -0.15) is 0 Å². The van der Waals surface area contributed by atoms with E-state index in [2.05, 4.69) is 44.4 Å². The maximum absolute atomic E-state index is 6.52. The molecule has 3 rings (SSSR count). The van der Waals surface area contributed by atoms with Gasteiger partial charge in [0, 0.05) is 18.0 Å². The van der Waals surface area contributed by atoms with Crippen molar-refractivity contribution >= 4 is 0 Å². The molecule has 0 bridgehead atoms. The maximum atomic E-state index is 6.52. The van der Waals surface area contributed by atoms with Gasteiger partial charge in [-0.25, -0.2) is 0 Å². The predicted octanol–water partition coefficient (Wildman–Crippen LogP) is 3.99. The van der Waals surface area contributed by atoms with Crippen LogP contribution < -0.4 is 10.1 Å². The summed E-state index contributed by atoms with van der Waals surface area (Å²) < 4.78 is 6.52. The Labute approximate surface area is 116 Å². The summed E-state index contributed by atoms with van der Waals surface area (Å²) in [4.78, 5) is 0. The van der Waals surface area contributed by atoms with Crippen LogP contribution in [0.15, 0.2) is 18.2 Å². The van der Waals surface area contributed by atoms with Gasteiger partial charge in [0.1, 0.15) is 11.4 Å². The predicted molar refractivity (Wildman–Crippen MR) is 78.6 cm³/mol. The highest BCUT2D eigenvalue weighted by Crippen LogP contribution is 2.48. The van der Waals surface area contributed by atoms with Crippen LogP contribution in [-0.2, 0) is 0 Å². The Balaban J connectivity index is 1.99. The van der Waals surface area contributed by atoms with E-state index in [9.17, 15) is 0 Å². The van der Waals surface area contributed by atoms with E-state index >= 15 is 0 Å². The van der Waals surface area contributed by atoms with Crippen molar-refractivity contribution in [2.75, 3.05) is 7.05 Å². The van der Waals surface area contributed by atoms with Crippen molar-refractivity contribution in [3.05, 3.63) is 29.3 Å². The highest BCUT2D eigenvalue weighted by molar-refractivity contribution is 5.42. The van der Waals surface area contributed by atoms with Gasteiger partial charge in [-0.3, -0.25) is 0 Å². The molecule has 0 amide bonds. The molecular weight excluding hydrogens is 234 g/mol. The summed E-state index contributed by atoms with van der Waals surface area (Å²) >= 11 is 0. The van der Waals surface area contributed by atoms with Crippen molar-refractivity contribution in [3.63, 3.8) is 0 Å². The first-order valence-corrected chi connectivity index (χ1v) is 7.61. The molecule has 0 saturated heterocycles. The molecule has 1 aliphatic heterocycles. The first-order chi connectivity index (χ1) is 9.14. The van der Waals surface area contributed by atoms with Crippen molar-refractivity contribution in [2.45, 2.75) is 57.6 Å². The Morgan fingerprint density at radius 3 is 2.89 bits per heavy atom. The maximum Gasteiger partial charge on any atom is 0.124 e. The second-order valence-electron chi connectivity index (χ2n) is 6.40. The zero-order chi connectivity index (χ0) is 13.5. The Bertz CT molecular complexity index is 470. The highest BCUT2D eigenvalue weighted by Gasteiger charge is 2.45. The average molecular weight is 259 g/mol. The van der Waals surface area contributed by atoms with Crippen LogP contribution in [0.2, 0.25) is 0 Å². The molecule has 2 aliphatic rings. The lowest BCUT2D eigenvalue weighted by Crippen LogP contribution is -2.50. The van der Waals surface area contributed by atoms with Gasteiger partial charge in [-0.15, -0.1) is 0 Å². The minimum atomic E-state index is 0.0637. The third-order valence-corrected chi connectivity index (χ3v) is 5.14. The number of hydrogen-bond acceptors (Lipinski definition) is 2. The smallest absolute Gasteiger partial charge is 0.124 e. The van der Waals surface area contributed by atoms with E-state index < -0.39 is 0 Å². The standard InChI is InChI=1S/C17H25NO/c1-12-7-8-16-14(10-12)15(18-3)11-17(19-16)9-5-4-6-13(17)2/h7-8,10,13,15,18H,4-6,9,11H2,1-3H3. The summed E-state index contributed by atoms with van der Waals surface area (Å²) in [5.74, 6) is 1.76. The number of ether oxygens (including phenoxy) is 1. The lowest BCUT2D eigenvalue weighted by atomic mass is 9.70. The van der Waals surface area contributed by atoms with Crippen molar-refractivity contribution in [1.29, 1.82) is 0 Å². The van der Waals surface area contributed by atoms with Gasteiger partial charge < -0.3 is 10.1 Å². The molecule has 1 saturated carbocycles. The molecule has 2 heteroatoms. The third kappa shape index (κ3) is 2.16. The van der Waals surface area contributed by atoms with Crippen LogP contribution in [0.1, 0.15) is 56.2 Å². The molecule has 2 nitrogen and oxygen atoms in total. The normalized spacial score (nSPS) is 33.8. The van der Waals surface area contributed by atoms with E-state index in [1.54, 1.807) is 0 Å². The van der Waals surface area contributed by atoms with Gasteiger partial charge in [0.2, 0.25) is 0 Å². The fourth-order valence-electron chi connectivity index (χ4n) is 3.85. The molecule has 0 aromatic heterocycles. The van der Waals surface area contributed by atoms with E-state index in [4.69, 9.17) is 4.74 Å². The fraction of sp³-hybridized carbons (Fsp3) is 0.647. The van der Waals surface area contributed by atoms with E-state index in [1.165, 1.54) is 36.8 Å². The molecular formula is C17H25NO. The Morgan fingerprint density at radius 2 is 2.16 bits per heavy atom. The minimum absolute atomic E-state index is 0.0637. The highest BCUT2D eigenvalue weighted by atomic mass is 16.5. The molecule has 1 aromatic rings. The molecule has 0 radical (unpaired) electrons. The number of benzene rings is 1. The second kappa shape index (κ2) is 4.82.